The predicted octanol–water partition coefficient (Wildman–Crippen LogP) is 10.2. The fourth-order valence-corrected chi connectivity index (χ4v) is 10.5. The smallest absolute Gasteiger partial charge is 0.258 e. The molecule has 0 bridgehead atoms. The first-order chi connectivity index (χ1) is 33.6. The second-order valence-corrected chi connectivity index (χ2v) is 18.2. The first-order valence-corrected chi connectivity index (χ1v) is 24.1. The summed E-state index contributed by atoms with van der Waals surface area (Å²) in [6.45, 7) is 5.63. The van der Waals surface area contributed by atoms with Crippen LogP contribution in [-0.2, 0) is 6.54 Å². The highest BCUT2D eigenvalue weighted by Gasteiger charge is 2.34. The molecule has 2 aliphatic heterocycles. The lowest BCUT2D eigenvalue weighted by Gasteiger charge is -2.34. The van der Waals surface area contributed by atoms with E-state index in [2.05, 4.69) is 66.2 Å². The number of piperidine rings is 1. The Morgan fingerprint density at radius 2 is 1.29 bits per heavy atom. The number of anilines is 1. The Morgan fingerprint density at radius 3 is 1.93 bits per heavy atom. The molecule has 3 heterocycles. The molecule has 0 N–H and O–H groups in total. The zero-order valence-electron chi connectivity index (χ0n) is 41.5. The maximum absolute atomic E-state index is 15.0. The van der Waals surface area contributed by atoms with Crippen molar-refractivity contribution in [3.63, 3.8) is 0 Å². The second-order valence-electron chi connectivity index (χ2n) is 18.2. The number of nitrogens with zero attached hydrogens (tertiary/aromatic N) is 5. The largest absolute Gasteiger partial charge is 0.493 e. The van der Waals surface area contributed by atoms with Crippen molar-refractivity contribution >= 4 is 39.2 Å². The Balaban J connectivity index is 1.10. The number of likely N-dealkylation sites (tertiary alicyclic amines) is 2. The molecule has 2 fully saturated rings. The van der Waals surface area contributed by atoms with E-state index >= 15 is 4.79 Å². The van der Waals surface area contributed by atoms with E-state index in [0.29, 0.717) is 71.3 Å². The Hall–Kier alpha value is -6.57. The number of hydrogen-bond acceptors (Lipinski definition) is 11. The summed E-state index contributed by atoms with van der Waals surface area (Å²) in [6, 6.07) is 32.6. The van der Waals surface area contributed by atoms with Crippen molar-refractivity contribution in [1.29, 1.82) is 0 Å². The molecule has 1 aromatic heterocycles. The highest BCUT2D eigenvalue weighted by atomic mass is 16.5. The van der Waals surface area contributed by atoms with E-state index in [9.17, 15) is 4.79 Å². The van der Waals surface area contributed by atoms with Gasteiger partial charge in [0.25, 0.3) is 11.8 Å². The molecule has 3 unspecified atom stereocenters. The van der Waals surface area contributed by atoms with Crippen LogP contribution in [0.4, 0.5) is 5.69 Å². The zero-order chi connectivity index (χ0) is 48.6. The molecule has 0 radical (unpaired) electrons. The van der Waals surface area contributed by atoms with Gasteiger partial charge in [-0.1, -0.05) is 55.0 Å². The molecule has 69 heavy (non-hydrogen) atoms. The van der Waals surface area contributed by atoms with E-state index in [1.165, 1.54) is 24.8 Å². The molecule has 8 rings (SSSR count). The SMILES string of the molecule is COc1cc(C(=O)N(CCC2CCC(c3cc(N(CCCN4CCCCC4C)C(=O)c4cc(OC)c(OC)c(OC)c4)cc4ccccc34)N2C)Cc2ccc3ccccc3n2)cc(OC)c1OC. The minimum absolute atomic E-state index is 0.0635. The molecule has 2 saturated heterocycles. The average Bonchev–Trinajstić information content (AvgIpc) is 3.76. The quantitative estimate of drug-likeness (QED) is 0.0773. The van der Waals surface area contributed by atoms with Gasteiger partial charge >= 0.3 is 0 Å². The summed E-state index contributed by atoms with van der Waals surface area (Å²) in [5, 5.41) is 3.27. The summed E-state index contributed by atoms with van der Waals surface area (Å²) in [4.78, 5) is 43.5. The summed E-state index contributed by atoms with van der Waals surface area (Å²) in [5.41, 5.74) is 4.58. The van der Waals surface area contributed by atoms with Crippen LogP contribution >= 0.6 is 0 Å². The molecule has 13 nitrogen and oxygen atoms in total. The lowest BCUT2D eigenvalue weighted by molar-refractivity contribution is 0.0722. The summed E-state index contributed by atoms with van der Waals surface area (Å²) in [6.07, 6.45) is 7.04. The molecule has 2 amide bonds. The minimum Gasteiger partial charge on any atom is -0.493 e. The van der Waals surface area contributed by atoms with Crippen molar-refractivity contribution in [2.75, 3.05) is 80.8 Å². The Labute approximate surface area is 406 Å². The van der Waals surface area contributed by atoms with E-state index in [1.54, 1.807) is 66.9 Å². The van der Waals surface area contributed by atoms with Gasteiger partial charge in [0.05, 0.1) is 60.4 Å². The molecular weight excluding hydrogens is 871 g/mol. The highest BCUT2D eigenvalue weighted by Crippen LogP contribution is 2.43. The van der Waals surface area contributed by atoms with Crippen molar-refractivity contribution in [3.05, 3.63) is 119 Å². The van der Waals surface area contributed by atoms with Crippen LogP contribution in [0.5, 0.6) is 34.5 Å². The molecule has 364 valence electrons. The second kappa shape index (κ2) is 22.2. The van der Waals surface area contributed by atoms with Crippen LogP contribution in [0.15, 0.2) is 97.1 Å². The van der Waals surface area contributed by atoms with E-state index < -0.39 is 0 Å². The van der Waals surface area contributed by atoms with Gasteiger partial charge in [-0.25, -0.2) is 0 Å². The average molecular weight is 938 g/mol. The predicted molar refractivity (Wildman–Crippen MR) is 272 cm³/mol. The van der Waals surface area contributed by atoms with Crippen LogP contribution in [0, 0.1) is 0 Å². The van der Waals surface area contributed by atoms with Crippen molar-refractivity contribution in [2.45, 2.75) is 76.5 Å². The Kier molecular flexibility index (Phi) is 15.8. The summed E-state index contributed by atoms with van der Waals surface area (Å²) < 4.78 is 33.9. The van der Waals surface area contributed by atoms with Crippen molar-refractivity contribution in [2.24, 2.45) is 0 Å². The van der Waals surface area contributed by atoms with Gasteiger partial charge < -0.3 is 43.1 Å². The third kappa shape index (κ3) is 10.5. The van der Waals surface area contributed by atoms with E-state index in [-0.39, 0.29) is 23.9 Å². The molecule has 2 aliphatic rings. The molecule has 6 aromatic rings. The van der Waals surface area contributed by atoms with Gasteiger partial charge in [-0.05, 0) is 124 Å². The number of rotatable bonds is 19. The van der Waals surface area contributed by atoms with Crippen LogP contribution in [0.3, 0.4) is 0 Å². The monoisotopic (exact) mass is 937 g/mol. The van der Waals surface area contributed by atoms with E-state index in [4.69, 9.17) is 33.4 Å². The van der Waals surface area contributed by atoms with Crippen LogP contribution in [0.1, 0.15) is 89.9 Å². The lowest BCUT2D eigenvalue weighted by Crippen LogP contribution is -2.40. The maximum Gasteiger partial charge on any atom is 0.258 e. The number of amides is 2. The number of para-hydroxylation sites is 1. The Bertz CT molecular complexity index is 2710. The van der Waals surface area contributed by atoms with Crippen LogP contribution in [0.25, 0.3) is 21.7 Å². The lowest BCUT2D eigenvalue weighted by atomic mass is 9.95. The summed E-state index contributed by atoms with van der Waals surface area (Å²) in [5.74, 6) is 2.25. The number of fused-ring (bicyclic) bond motifs is 2. The molecule has 3 atom stereocenters. The summed E-state index contributed by atoms with van der Waals surface area (Å²) >= 11 is 0. The number of aromatic nitrogens is 1. The van der Waals surface area contributed by atoms with Gasteiger partial charge in [-0.15, -0.1) is 0 Å². The van der Waals surface area contributed by atoms with Gasteiger partial charge in [0, 0.05) is 60.0 Å². The number of ether oxygens (including phenoxy) is 6. The van der Waals surface area contributed by atoms with Gasteiger partial charge in [0.15, 0.2) is 23.0 Å². The van der Waals surface area contributed by atoms with Gasteiger partial charge in [0.1, 0.15) is 0 Å². The molecule has 5 aromatic carbocycles. The van der Waals surface area contributed by atoms with Crippen LogP contribution in [-0.4, -0.2) is 119 Å². The van der Waals surface area contributed by atoms with Gasteiger partial charge in [0.2, 0.25) is 11.5 Å². The number of carbonyl (C=O) groups excluding carboxylic acids is 2. The standard InChI is InChI=1S/C56H67N5O8/c1-37-16-13-14-26-59(37)27-15-28-61(56(63)41-33-51(66-5)54(69-8)52(34-41)67-6)44-30-39-18-9-11-19-45(39)46(35-44)48-24-23-43(58(48)2)25-29-60(36-42-22-21-38-17-10-12-20-47(38)57-42)55(62)40-31-49(64-3)53(68-7)50(32-40)65-4/h9-12,17-22,30-35,37,43,48H,13-16,23-29,36H2,1-8H3. The topological polar surface area (TPSA) is 115 Å². The number of hydrogen-bond donors (Lipinski definition) is 0. The first-order valence-electron chi connectivity index (χ1n) is 24.1. The number of pyridine rings is 1. The fraction of sp³-hybridized carbons (Fsp3) is 0.411. The molecular formula is C56H67N5O8. The van der Waals surface area contributed by atoms with Crippen molar-refractivity contribution in [3.8, 4) is 34.5 Å². The fourth-order valence-electron chi connectivity index (χ4n) is 10.5. The summed E-state index contributed by atoms with van der Waals surface area (Å²) in [7, 11) is 11.5. The number of methoxy groups -OCH3 is 6. The third-order valence-electron chi connectivity index (χ3n) is 14.3. The van der Waals surface area contributed by atoms with E-state index in [1.807, 2.05) is 40.1 Å². The van der Waals surface area contributed by atoms with Crippen LogP contribution in [0.2, 0.25) is 0 Å². The third-order valence-corrected chi connectivity index (χ3v) is 14.3. The highest BCUT2D eigenvalue weighted by molar-refractivity contribution is 6.08. The molecule has 13 heteroatoms. The molecule has 0 saturated carbocycles. The molecule has 0 aliphatic carbocycles. The van der Waals surface area contributed by atoms with Crippen molar-refractivity contribution in [1.82, 2.24) is 19.7 Å². The number of carbonyl (C=O) groups is 2. The minimum atomic E-state index is -0.160. The van der Waals surface area contributed by atoms with E-state index in [0.717, 1.165) is 71.8 Å². The first kappa shape index (κ1) is 48.9. The van der Waals surface area contributed by atoms with Gasteiger partial charge in [-0.2, -0.15) is 0 Å². The Morgan fingerprint density at radius 1 is 0.667 bits per heavy atom. The maximum atomic E-state index is 15.0. The zero-order valence-corrected chi connectivity index (χ0v) is 41.5. The van der Waals surface area contributed by atoms with Crippen LogP contribution < -0.4 is 33.3 Å². The molecule has 0 spiro atoms. The van der Waals surface area contributed by atoms with Crippen molar-refractivity contribution < 1.29 is 38.0 Å². The number of benzene rings is 5. The normalized spacial score (nSPS) is 17.4. The van der Waals surface area contributed by atoms with Gasteiger partial charge in [-0.3, -0.25) is 19.5 Å².